The minimum Gasteiger partial charge on any atom is -0.492 e. The molecule has 3 rings (SSSR count). The van der Waals surface area contributed by atoms with Crippen LogP contribution < -0.4 is 14.8 Å². The summed E-state index contributed by atoms with van der Waals surface area (Å²) in [6.07, 6.45) is 3.88. The Morgan fingerprint density at radius 1 is 1.30 bits per heavy atom. The number of nitrogens with one attached hydrogen (secondary N) is 2. The molecular formula is C17H26N2O3S. The van der Waals surface area contributed by atoms with Crippen LogP contribution in [0.4, 0.5) is 0 Å². The van der Waals surface area contributed by atoms with Crippen LogP contribution in [0.1, 0.15) is 37.8 Å². The fourth-order valence-corrected chi connectivity index (χ4v) is 4.14. The fraction of sp³-hybridized carbons (Fsp3) is 0.647. The fourth-order valence-electron chi connectivity index (χ4n) is 3.23. The molecule has 1 aromatic carbocycles. The zero-order chi connectivity index (χ0) is 16.4. The smallest absolute Gasteiger partial charge is 0.214 e. The summed E-state index contributed by atoms with van der Waals surface area (Å²) in [5.74, 6) is 0.879. The molecule has 2 aliphatic rings. The van der Waals surface area contributed by atoms with Crippen LogP contribution in [-0.4, -0.2) is 38.9 Å². The molecule has 6 heteroatoms. The molecule has 5 nitrogen and oxygen atoms in total. The lowest BCUT2D eigenvalue weighted by atomic mass is 10.1. The number of sulfonamides is 1. The minimum absolute atomic E-state index is 0.0378. The molecule has 0 aromatic heterocycles. The Kier molecular flexibility index (Phi) is 4.94. The van der Waals surface area contributed by atoms with Crippen molar-refractivity contribution >= 4 is 10.0 Å². The van der Waals surface area contributed by atoms with Crippen LogP contribution in [0, 0.1) is 0 Å². The van der Waals surface area contributed by atoms with Gasteiger partial charge < -0.3 is 10.1 Å². The monoisotopic (exact) mass is 338 g/mol. The first-order chi connectivity index (χ1) is 10.9. The van der Waals surface area contributed by atoms with E-state index in [-0.39, 0.29) is 6.04 Å². The molecule has 1 unspecified atom stereocenters. The van der Waals surface area contributed by atoms with Gasteiger partial charge in [0.1, 0.15) is 12.4 Å². The van der Waals surface area contributed by atoms with E-state index in [0.717, 1.165) is 25.1 Å². The molecule has 23 heavy (non-hydrogen) atoms. The second kappa shape index (κ2) is 6.79. The van der Waals surface area contributed by atoms with Crippen molar-refractivity contribution in [3.05, 3.63) is 29.3 Å². The molecule has 2 atom stereocenters. The number of hydrogen-bond acceptors (Lipinski definition) is 4. The van der Waals surface area contributed by atoms with Crippen LogP contribution in [0.2, 0.25) is 0 Å². The van der Waals surface area contributed by atoms with E-state index in [0.29, 0.717) is 12.6 Å². The molecule has 0 spiro atoms. The first kappa shape index (κ1) is 16.7. The van der Waals surface area contributed by atoms with Crippen molar-refractivity contribution in [2.45, 2.75) is 56.9 Å². The van der Waals surface area contributed by atoms with Gasteiger partial charge in [0.25, 0.3) is 0 Å². The maximum absolute atomic E-state index is 12.0. The average Bonchev–Trinajstić information content (AvgIpc) is 3.12. The highest BCUT2D eigenvalue weighted by atomic mass is 32.2. The summed E-state index contributed by atoms with van der Waals surface area (Å²) in [5.41, 5.74) is 2.41. The van der Waals surface area contributed by atoms with Crippen LogP contribution >= 0.6 is 0 Å². The first-order valence-corrected chi connectivity index (χ1v) is 9.98. The summed E-state index contributed by atoms with van der Waals surface area (Å²) in [5, 5.41) is 3.02. The SMILES string of the molecule is CC(C)S(=O)(=O)N[C@H]1Cc2ccc(OCC3CCCN3)cc2C1. The number of fused-ring (bicyclic) bond motifs is 1. The summed E-state index contributed by atoms with van der Waals surface area (Å²) in [7, 11) is -3.22. The highest BCUT2D eigenvalue weighted by Crippen LogP contribution is 2.27. The van der Waals surface area contributed by atoms with Gasteiger partial charge in [0.2, 0.25) is 10.0 Å². The lowest BCUT2D eigenvalue weighted by Crippen LogP contribution is -2.39. The molecule has 0 amide bonds. The Morgan fingerprint density at radius 2 is 2.09 bits per heavy atom. The maximum Gasteiger partial charge on any atom is 0.214 e. The molecule has 1 aliphatic heterocycles. The van der Waals surface area contributed by atoms with Gasteiger partial charge in [-0.25, -0.2) is 13.1 Å². The van der Waals surface area contributed by atoms with E-state index < -0.39 is 15.3 Å². The molecule has 1 aliphatic carbocycles. The van der Waals surface area contributed by atoms with Gasteiger partial charge in [0.15, 0.2) is 0 Å². The predicted molar refractivity (Wildman–Crippen MR) is 91.3 cm³/mol. The van der Waals surface area contributed by atoms with Gasteiger partial charge in [-0.05, 0) is 69.3 Å². The first-order valence-electron chi connectivity index (χ1n) is 8.43. The van der Waals surface area contributed by atoms with E-state index >= 15 is 0 Å². The van der Waals surface area contributed by atoms with E-state index in [9.17, 15) is 8.42 Å². The summed E-state index contributed by atoms with van der Waals surface area (Å²) >= 11 is 0. The number of ether oxygens (including phenoxy) is 1. The topological polar surface area (TPSA) is 67.4 Å². The van der Waals surface area contributed by atoms with Crippen molar-refractivity contribution in [2.75, 3.05) is 13.2 Å². The lowest BCUT2D eigenvalue weighted by Gasteiger charge is -2.14. The normalized spacial score (nSPS) is 24.1. The van der Waals surface area contributed by atoms with Crippen LogP contribution in [0.15, 0.2) is 18.2 Å². The maximum atomic E-state index is 12.0. The Morgan fingerprint density at radius 3 is 2.78 bits per heavy atom. The Bertz CT molecular complexity index is 652. The molecule has 0 radical (unpaired) electrons. The van der Waals surface area contributed by atoms with E-state index in [1.165, 1.54) is 24.0 Å². The Balaban J connectivity index is 1.59. The molecule has 2 N–H and O–H groups in total. The predicted octanol–water partition coefficient (Wildman–Crippen LogP) is 1.61. The third-order valence-corrected chi connectivity index (χ3v) is 6.58. The summed E-state index contributed by atoms with van der Waals surface area (Å²) in [6, 6.07) is 6.54. The molecule has 1 aromatic rings. The highest BCUT2D eigenvalue weighted by molar-refractivity contribution is 7.90. The van der Waals surface area contributed by atoms with Crippen molar-refractivity contribution < 1.29 is 13.2 Å². The van der Waals surface area contributed by atoms with Gasteiger partial charge in [0.05, 0.1) is 5.25 Å². The molecule has 1 heterocycles. The van der Waals surface area contributed by atoms with Gasteiger partial charge in [-0.15, -0.1) is 0 Å². The Labute approximate surface area is 138 Å². The van der Waals surface area contributed by atoms with Gasteiger partial charge in [-0.1, -0.05) is 6.07 Å². The molecular weight excluding hydrogens is 312 g/mol. The van der Waals surface area contributed by atoms with Gasteiger partial charge in [0, 0.05) is 12.1 Å². The largest absolute Gasteiger partial charge is 0.492 e. The van der Waals surface area contributed by atoms with Gasteiger partial charge in [-0.3, -0.25) is 0 Å². The van der Waals surface area contributed by atoms with Gasteiger partial charge in [-0.2, -0.15) is 0 Å². The number of rotatable bonds is 6. The molecule has 1 fully saturated rings. The zero-order valence-corrected chi connectivity index (χ0v) is 14.7. The minimum atomic E-state index is -3.22. The highest BCUT2D eigenvalue weighted by Gasteiger charge is 2.27. The van der Waals surface area contributed by atoms with Crippen LogP contribution in [0.3, 0.4) is 0 Å². The van der Waals surface area contributed by atoms with E-state index in [1.807, 2.05) is 6.07 Å². The van der Waals surface area contributed by atoms with E-state index in [4.69, 9.17) is 4.74 Å². The lowest BCUT2D eigenvalue weighted by molar-refractivity contribution is 0.277. The number of benzene rings is 1. The van der Waals surface area contributed by atoms with Crippen LogP contribution in [0.5, 0.6) is 5.75 Å². The molecule has 0 bridgehead atoms. The van der Waals surface area contributed by atoms with Crippen molar-refractivity contribution in [1.29, 1.82) is 0 Å². The average molecular weight is 338 g/mol. The van der Waals surface area contributed by atoms with Crippen molar-refractivity contribution in [2.24, 2.45) is 0 Å². The third kappa shape index (κ3) is 4.05. The third-order valence-electron chi connectivity index (χ3n) is 4.68. The van der Waals surface area contributed by atoms with Crippen LogP contribution in [-0.2, 0) is 22.9 Å². The van der Waals surface area contributed by atoms with Crippen LogP contribution in [0.25, 0.3) is 0 Å². The summed E-state index contributed by atoms with van der Waals surface area (Å²) in [6.45, 7) is 5.18. The van der Waals surface area contributed by atoms with E-state index in [2.05, 4.69) is 22.2 Å². The van der Waals surface area contributed by atoms with Crippen molar-refractivity contribution in [1.82, 2.24) is 10.0 Å². The Hall–Kier alpha value is -1.11. The quantitative estimate of drug-likeness (QED) is 0.827. The standard InChI is InChI=1S/C17H26N2O3S/c1-12(2)23(20,21)19-16-8-13-5-6-17(10-14(13)9-16)22-11-15-4-3-7-18-15/h5-6,10,12,15-16,18-19H,3-4,7-9,11H2,1-2H3/t15?,16-/m0/s1. The zero-order valence-electron chi connectivity index (χ0n) is 13.8. The molecule has 1 saturated heterocycles. The summed E-state index contributed by atoms with van der Waals surface area (Å²) < 4.78 is 32.7. The van der Waals surface area contributed by atoms with Crippen molar-refractivity contribution in [3.8, 4) is 5.75 Å². The second-order valence-electron chi connectivity index (χ2n) is 6.85. The summed E-state index contributed by atoms with van der Waals surface area (Å²) in [4.78, 5) is 0. The second-order valence-corrected chi connectivity index (χ2v) is 9.12. The number of hydrogen-bond donors (Lipinski definition) is 2. The van der Waals surface area contributed by atoms with Gasteiger partial charge >= 0.3 is 0 Å². The molecule has 128 valence electrons. The van der Waals surface area contributed by atoms with Crippen molar-refractivity contribution in [3.63, 3.8) is 0 Å². The van der Waals surface area contributed by atoms with E-state index in [1.54, 1.807) is 13.8 Å². The molecule has 0 saturated carbocycles.